The summed E-state index contributed by atoms with van der Waals surface area (Å²) < 4.78 is 6.47. The number of hydrogen-bond acceptors (Lipinski definition) is 5. The Bertz CT molecular complexity index is 1270. The van der Waals surface area contributed by atoms with Gasteiger partial charge in [-0.05, 0) is 42.5 Å². The molecule has 3 saturated heterocycles. The van der Waals surface area contributed by atoms with Gasteiger partial charge in [0.2, 0.25) is 0 Å². The zero-order chi connectivity index (χ0) is 23.1. The first kappa shape index (κ1) is 20.3. The van der Waals surface area contributed by atoms with Gasteiger partial charge in [-0.1, -0.05) is 65.3 Å². The van der Waals surface area contributed by atoms with E-state index in [4.69, 9.17) is 9.57 Å². The fourth-order valence-electron chi connectivity index (χ4n) is 8.40. The Morgan fingerprint density at radius 1 is 1.11 bits per heavy atom. The average Bonchev–Trinajstić information content (AvgIpc) is 3.36. The van der Waals surface area contributed by atoms with E-state index in [2.05, 4.69) is 57.4 Å². The van der Waals surface area contributed by atoms with E-state index < -0.39 is 0 Å². The van der Waals surface area contributed by atoms with Gasteiger partial charge >= 0.3 is 0 Å². The molecule has 178 valence electrons. The number of carbonyl (C=O) groups is 1. The maximum atomic E-state index is 14.2. The number of piperidine rings is 2. The molecule has 6 heteroatoms. The third-order valence-electron chi connectivity index (χ3n) is 9.65. The number of fused-ring (bicyclic) bond motifs is 2. The largest absolute Gasteiger partial charge is 0.395 e. The molecule has 0 aromatic heterocycles. The van der Waals surface area contributed by atoms with Crippen molar-refractivity contribution in [2.45, 2.75) is 42.9 Å². The minimum atomic E-state index is -0.321. The lowest BCUT2D eigenvalue weighted by molar-refractivity contribution is -0.118. The third kappa shape index (κ3) is 2.56. The summed E-state index contributed by atoms with van der Waals surface area (Å²) in [5, 5.41) is 4.51. The average molecular weight is 468 g/mol. The number of amides is 1. The minimum Gasteiger partial charge on any atom is -0.395 e. The van der Waals surface area contributed by atoms with Gasteiger partial charge in [0.15, 0.2) is 5.71 Å². The summed E-state index contributed by atoms with van der Waals surface area (Å²) >= 11 is 0. The van der Waals surface area contributed by atoms with Gasteiger partial charge in [0.25, 0.3) is 5.91 Å². The van der Waals surface area contributed by atoms with Crippen molar-refractivity contribution >= 4 is 17.3 Å². The smallest absolute Gasteiger partial charge is 0.279 e. The SMILES string of the molecule is O=C1/C(=N/OCCc2ccccc2)[C@@H]2OCC=C3CN4CC[C@]56c7ccccc7N1[C@H]5[C@H]2[C@H]3C[C@H]46. The molecule has 0 N–H and O–H groups in total. The van der Waals surface area contributed by atoms with E-state index in [0.717, 1.165) is 38.0 Å². The second kappa shape index (κ2) is 7.28. The van der Waals surface area contributed by atoms with Crippen LogP contribution in [0.4, 0.5) is 5.69 Å². The van der Waals surface area contributed by atoms with Gasteiger partial charge in [-0.15, -0.1) is 0 Å². The van der Waals surface area contributed by atoms with Gasteiger partial charge in [0.05, 0.1) is 12.6 Å². The maximum absolute atomic E-state index is 14.2. The Morgan fingerprint density at radius 3 is 2.89 bits per heavy atom. The molecular weight excluding hydrogens is 438 g/mol. The number of benzene rings is 2. The van der Waals surface area contributed by atoms with E-state index in [9.17, 15) is 4.79 Å². The van der Waals surface area contributed by atoms with Gasteiger partial charge in [-0.3, -0.25) is 9.69 Å². The molecule has 2 bridgehead atoms. The molecule has 0 unspecified atom stereocenters. The summed E-state index contributed by atoms with van der Waals surface area (Å²) in [6.45, 7) is 3.11. The molecule has 5 heterocycles. The lowest BCUT2D eigenvalue weighted by Crippen LogP contribution is -2.71. The number of nitrogens with zero attached hydrogens (tertiary/aromatic N) is 3. The normalized spacial score (nSPS) is 37.2. The molecule has 4 fully saturated rings. The quantitative estimate of drug-likeness (QED) is 0.393. The Morgan fingerprint density at radius 2 is 1.97 bits per heavy atom. The second-order valence-electron chi connectivity index (χ2n) is 10.9. The van der Waals surface area contributed by atoms with Crippen molar-refractivity contribution in [3.63, 3.8) is 0 Å². The lowest BCUT2D eigenvalue weighted by atomic mass is 9.53. The first-order chi connectivity index (χ1) is 17.3. The summed E-state index contributed by atoms with van der Waals surface area (Å²) in [4.78, 5) is 24.7. The van der Waals surface area contributed by atoms with Crippen LogP contribution in [0.5, 0.6) is 0 Å². The van der Waals surface area contributed by atoms with Crippen LogP contribution >= 0.6 is 0 Å². The molecule has 6 nitrogen and oxygen atoms in total. The number of hydrogen-bond donors (Lipinski definition) is 0. The van der Waals surface area contributed by atoms with E-state index in [1.54, 1.807) is 0 Å². The van der Waals surface area contributed by atoms with Crippen LogP contribution in [0.3, 0.4) is 0 Å². The van der Waals surface area contributed by atoms with Crippen LogP contribution in [-0.2, 0) is 26.2 Å². The zero-order valence-corrected chi connectivity index (χ0v) is 19.7. The van der Waals surface area contributed by atoms with Crippen LogP contribution in [-0.4, -0.2) is 61.0 Å². The molecule has 0 radical (unpaired) electrons. The van der Waals surface area contributed by atoms with E-state index >= 15 is 0 Å². The van der Waals surface area contributed by atoms with Gasteiger partial charge in [-0.2, -0.15) is 0 Å². The molecule has 6 atom stereocenters. The third-order valence-corrected chi connectivity index (χ3v) is 9.65. The van der Waals surface area contributed by atoms with Crippen molar-refractivity contribution in [1.82, 2.24) is 4.90 Å². The molecule has 1 saturated carbocycles. The number of carbonyl (C=O) groups excluding carboxylic acids is 1. The first-order valence-corrected chi connectivity index (χ1v) is 13.0. The van der Waals surface area contributed by atoms with Crippen molar-refractivity contribution in [2.24, 2.45) is 17.0 Å². The highest BCUT2D eigenvalue weighted by molar-refractivity contribution is 6.46. The van der Waals surface area contributed by atoms with Crippen LogP contribution < -0.4 is 4.90 Å². The highest BCUT2D eigenvalue weighted by atomic mass is 16.6. The number of rotatable bonds is 4. The summed E-state index contributed by atoms with van der Waals surface area (Å²) in [6, 6.07) is 19.5. The zero-order valence-electron chi connectivity index (χ0n) is 19.7. The Kier molecular flexibility index (Phi) is 4.21. The number of oxime groups is 1. The Hall–Kier alpha value is -2.96. The molecule has 5 aliphatic heterocycles. The van der Waals surface area contributed by atoms with Crippen LogP contribution in [0.1, 0.15) is 24.0 Å². The summed E-state index contributed by atoms with van der Waals surface area (Å²) in [5.74, 6) is 0.600. The number of anilines is 1. The van der Waals surface area contributed by atoms with E-state index in [0.29, 0.717) is 30.9 Å². The van der Waals surface area contributed by atoms with Crippen molar-refractivity contribution < 1.29 is 14.4 Å². The highest BCUT2D eigenvalue weighted by Crippen LogP contribution is 2.65. The molecule has 1 amide bonds. The molecule has 1 spiro atoms. The molecule has 1 aliphatic carbocycles. The predicted molar refractivity (Wildman–Crippen MR) is 132 cm³/mol. The van der Waals surface area contributed by atoms with Crippen LogP contribution in [0.25, 0.3) is 0 Å². The van der Waals surface area contributed by atoms with Gasteiger partial charge in [0.1, 0.15) is 12.7 Å². The summed E-state index contributed by atoms with van der Waals surface area (Å²) in [5.41, 5.74) is 5.56. The van der Waals surface area contributed by atoms with Crippen LogP contribution in [0.15, 0.2) is 71.4 Å². The minimum absolute atomic E-state index is 0.00933. The summed E-state index contributed by atoms with van der Waals surface area (Å²) in [7, 11) is 0. The van der Waals surface area contributed by atoms with Crippen molar-refractivity contribution in [2.75, 3.05) is 31.2 Å². The molecule has 2 aromatic rings. The van der Waals surface area contributed by atoms with Crippen molar-refractivity contribution in [3.8, 4) is 0 Å². The van der Waals surface area contributed by atoms with Crippen LogP contribution in [0, 0.1) is 11.8 Å². The van der Waals surface area contributed by atoms with E-state index in [-0.39, 0.29) is 29.4 Å². The molecular formula is C29H29N3O3. The molecule has 35 heavy (non-hydrogen) atoms. The van der Waals surface area contributed by atoms with Crippen LogP contribution in [0.2, 0.25) is 0 Å². The number of para-hydroxylation sites is 1. The monoisotopic (exact) mass is 467 g/mol. The Balaban J connectivity index is 1.22. The van der Waals surface area contributed by atoms with E-state index in [1.807, 2.05) is 18.2 Å². The standard InChI is InChI=1S/C29H29N3O3/c33-28-25(30-35-15-10-18-6-2-1-3-7-18)26-24-20-16-23-29(12-13-31(23)17-19(20)11-14-34-26)21-8-4-5-9-22(21)32(28)27(24)29/h1-9,11,20,23-24,26-27H,10,12-17H2/b30-25+/t20-,23-,24-,26+,27-,29+/m0/s1. The maximum Gasteiger partial charge on any atom is 0.279 e. The van der Waals surface area contributed by atoms with Gasteiger partial charge in [-0.25, -0.2) is 0 Å². The van der Waals surface area contributed by atoms with E-state index in [1.165, 1.54) is 16.7 Å². The predicted octanol–water partition coefficient (Wildman–Crippen LogP) is 3.32. The lowest BCUT2D eigenvalue weighted by Gasteiger charge is -2.58. The van der Waals surface area contributed by atoms with Gasteiger partial charge < -0.3 is 14.5 Å². The second-order valence-corrected chi connectivity index (χ2v) is 10.9. The number of ether oxygens (including phenoxy) is 1. The van der Waals surface area contributed by atoms with Crippen molar-refractivity contribution in [1.29, 1.82) is 0 Å². The fourth-order valence-corrected chi connectivity index (χ4v) is 8.40. The topological polar surface area (TPSA) is 54.4 Å². The molecule has 8 rings (SSSR count). The fraction of sp³-hybridized carbons (Fsp3) is 0.448. The highest BCUT2D eigenvalue weighted by Gasteiger charge is 2.72. The Labute approximate surface area is 205 Å². The molecule has 2 aromatic carbocycles. The summed E-state index contributed by atoms with van der Waals surface area (Å²) in [6.07, 6.45) is 4.97. The van der Waals surface area contributed by atoms with Gasteiger partial charge in [0, 0.05) is 36.0 Å². The first-order valence-electron chi connectivity index (χ1n) is 13.0. The molecule has 6 aliphatic rings. The van der Waals surface area contributed by atoms with Crippen molar-refractivity contribution in [3.05, 3.63) is 77.4 Å².